The first-order valence-electron chi connectivity index (χ1n) is 7.08. The summed E-state index contributed by atoms with van der Waals surface area (Å²) in [5.74, 6) is 1.13. The third-order valence-corrected chi connectivity index (χ3v) is 4.25. The number of aryl methyl sites for hydroxylation is 1. The van der Waals surface area contributed by atoms with Crippen molar-refractivity contribution in [3.63, 3.8) is 0 Å². The van der Waals surface area contributed by atoms with Crippen molar-refractivity contribution in [1.29, 1.82) is 0 Å². The van der Waals surface area contributed by atoms with Crippen LogP contribution < -0.4 is 0 Å². The predicted octanol–water partition coefficient (Wildman–Crippen LogP) is 2.46. The Morgan fingerprint density at radius 2 is 2.20 bits per heavy atom. The number of benzene rings is 1. The Labute approximate surface area is 118 Å². The first-order valence-corrected chi connectivity index (χ1v) is 7.08. The van der Waals surface area contributed by atoms with Crippen molar-refractivity contribution >= 4 is 10.9 Å². The third-order valence-electron chi connectivity index (χ3n) is 4.25. The molecule has 0 atom stereocenters. The van der Waals surface area contributed by atoms with Gasteiger partial charge in [0.05, 0.1) is 6.54 Å². The average Bonchev–Trinajstić information content (AvgIpc) is 3.03. The summed E-state index contributed by atoms with van der Waals surface area (Å²) >= 11 is 0. The molecule has 4 heteroatoms. The first kappa shape index (κ1) is 11.7. The predicted molar refractivity (Wildman–Crippen MR) is 79.3 cm³/mol. The molecule has 0 spiro atoms. The van der Waals surface area contributed by atoms with Gasteiger partial charge in [0, 0.05) is 55.5 Å². The highest BCUT2D eigenvalue weighted by atomic mass is 15.2. The van der Waals surface area contributed by atoms with Crippen LogP contribution in [0, 0.1) is 0 Å². The molecule has 20 heavy (non-hydrogen) atoms. The van der Waals surface area contributed by atoms with Crippen molar-refractivity contribution in [1.82, 2.24) is 19.4 Å². The van der Waals surface area contributed by atoms with Gasteiger partial charge >= 0.3 is 0 Å². The molecule has 1 aliphatic rings. The average molecular weight is 266 g/mol. The molecule has 2 aromatic heterocycles. The summed E-state index contributed by atoms with van der Waals surface area (Å²) in [7, 11) is 2.06. The SMILES string of the molecule is Cn1ccnc1CN1CCc2[nH]c3ccccc3c2C1. The van der Waals surface area contributed by atoms with E-state index in [1.165, 1.54) is 22.2 Å². The van der Waals surface area contributed by atoms with E-state index in [0.717, 1.165) is 31.9 Å². The zero-order chi connectivity index (χ0) is 13.5. The number of aromatic amines is 1. The molecule has 4 nitrogen and oxygen atoms in total. The van der Waals surface area contributed by atoms with Gasteiger partial charge in [0.2, 0.25) is 0 Å². The standard InChI is InChI=1S/C16H18N4/c1-19-9-7-17-16(19)11-20-8-6-15-13(10-20)12-4-2-3-5-14(12)18-15/h2-5,7,9,18H,6,8,10-11H2,1H3. The van der Waals surface area contributed by atoms with E-state index in [1.54, 1.807) is 0 Å². The Kier molecular flexibility index (Phi) is 2.63. The van der Waals surface area contributed by atoms with Crippen molar-refractivity contribution < 1.29 is 0 Å². The van der Waals surface area contributed by atoms with Gasteiger partial charge in [0.25, 0.3) is 0 Å². The molecule has 0 unspecified atom stereocenters. The molecule has 0 amide bonds. The van der Waals surface area contributed by atoms with Crippen molar-refractivity contribution in [2.45, 2.75) is 19.5 Å². The Balaban J connectivity index is 1.64. The van der Waals surface area contributed by atoms with Gasteiger partial charge < -0.3 is 9.55 Å². The number of hydrogen-bond acceptors (Lipinski definition) is 2. The molecule has 102 valence electrons. The lowest BCUT2D eigenvalue weighted by molar-refractivity contribution is 0.237. The summed E-state index contributed by atoms with van der Waals surface area (Å²) in [5, 5.41) is 1.37. The van der Waals surface area contributed by atoms with Gasteiger partial charge in [0.15, 0.2) is 0 Å². The summed E-state index contributed by atoms with van der Waals surface area (Å²) < 4.78 is 2.10. The van der Waals surface area contributed by atoms with Crippen molar-refractivity contribution in [2.24, 2.45) is 7.05 Å². The maximum absolute atomic E-state index is 4.43. The highest BCUT2D eigenvalue weighted by Gasteiger charge is 2.21. The summed E-state index contributed by atoms with van der Waals surface area (Å²) in [5.41, 5.74) is 4.12. The lowest BCUT2D eigenvalue weighted by atomic mass is 10.0. The van der Waals surface area contributed by atoms with E-state index in [0.29, 0.717) is 0 Å². The van der Waals surface area contributed by atoms with E-state index in [-0.39, 0.29) is 0 Å². The molecule has 1 aliphatic heterocycles. The summed E-state index contributed by atoms with van der Waals surface area (Å²) in [4.78, 5) is 10.5. The van der Waals surface area contributed by atoms with Crippen LogP contribution in [0.1, 0.15) is 17.1 Å². The van der Waals surface area contributed by atoms with Gasteiger partial charge in [-0.3, -0.25) is 4.90 Å². The van der Waals surface area contributed by atoms with Gasteiger partial charge in [-0.1, -0.05) is 18.2 Å². The Hall–Kier alpha value is -2.07. The van der Waals surface area contributed by atoms with E-state index >= 15 is 0 Å². The Bertz CT molecular complexity index is 753. The van der Waals surface area contributed by atoms with Crippen LogP contribution in [0.5, 0.6) is 0 Å². The molecule has 0 fully saturated rings. The number of H-pyrrole nitrogens is 1. The normalized spacial score (nSPS) is 15.7. The zero-order valence-electron chi connectivity index (χ0n) is 11.6. The van der Waals surface area contributed by atoms with Crippen molar-refractivity contribution in [3.05, 3.63) is 53.7 Å². The lowest BCUT2D eigenvalue weighted by Gasteiger charge is -2.26. The number of rotatable bonds is 2. The van der Waals surface area contributed by atoms with E-state index < -0.39 is 0 Å². The van der Waals surface area contributed by atoms with Gasteiger partial charge in [-0.15, -0.1) is 0 Å². The van der Waals surface area contributed by atoms with Crippen LogP contribution in [0.2, 0.25) is 0 Å². The minimum atomic E-state index is 0.919. The van der Waals surface area contributed by atoms with Gasteiger partial charge in [-0.2, -0.15) is 0 Å². The third kappa shape index (κ3) is 1.84. The molecule has 0 radical (unpaired) electrons. The number of hydrogen-bond donors (Lipinski definition) is 1. The molecule has 0 bridgehead atoms. The molecule has 3 heterocycles. The van der Waals surface area contributed by atoms with Gasteiger partial charge in [0.1, 0.15) is 5.82 Å². The Morgan fingerprint density at radius 3 is 3.05 bits per heavy atom. The van der Waals surface area contributed by atoms with Crippen LogP contribution in [0.25, 0.3) is 10.9 Å². The summed E-state index contributed by atoms with van der Waals surface area (Å²) in [6, 6.07) is 8.59. The fourth-order valence-electron chi connectivity index (χ4n) is 3.11. The molecule has 1 N–H and O–H groups in total. The van der Waals surface area contributed by atoms with Crippen LogP contribution in [0.15, 0.2) is 36.7 Å². The number of imidazole rings is 1. The van der Waals surface area contributed by atoms with Gasteiger partial charge in [-0.05, 0) is 11.6 Å². The van der Waals surface area contributed by atoms with Crippen LogP contribution >= 0.6 is 0 Å². The largest absolute Gasteiger partial charge is 0.358 e. The first-order chi connectivity index (χ1) is 9.81. The van der Waals surface area contributed by atoms with E-state index in [9.17, 15) is 0 Å². The number of aromatic nitrogens is 3. The maximum atomic E-state index is 4.43. The second-order valence-electron chi connectivity index (χ2n) is 5.54. The number of nitrogens with one attached hydrogen (secondary N) is 1. The topological polar surface area (TPSA) is 36.9 Å². The quantitative estimate of drug-likeness (QED) is 0.773. The molecular formula is C16H18N4. The lowest BCUT2D eigenvalue weighted by Crippen LogP contribution is -2.30. The highest BCUT2D eigenvalue weighted by molar-refractivity contribution is 5.84. The molecule has 0 aliphatic carbocycles. The molecule has 1 aromatic carbocycles. The van der Waals surface area contributed by atoms with Crippen molar-refractivity contribution in [3.8, 4) is 0 Å². The van der Waals surface area contributed by atoms with Crippen LogP contribution in [0.3, 0.4) is 0 Å². The summed E-state index contributed by atoms with van der Waals surface area (Å²) in [6.45, 7) is 3.02. The Morgan fingerprint density at radius 1 is 1.30 bits per heavy atom. The minimum absolute atomic E-state index is 0.919. The maximum Gasteiger partial charge on any atom is 0.122 e. The van der Waals surface area contributed by atoms with Crippen LogP contribution in [0.4, 0.5) is 0 Å². The number of nitrogens with zero attached hydrogens (tertiary/aromatic N) is 3. The van der Waals surface area contributed by atoms with Crippen LogP contribution in [-0.2, 0) is 26.6 Å². The summed E-state index contributed by atoms with van der Waals surface area (Å²) in [6.07, 6.45) is 4.97. The molecular weight excluding hydrogens is 248 g/mol. The highest BCUT2D eigenvalue weighted by Crippen LogP contribution is 2.27. The van der Waals surface area contributed by atoms with Gasteiger partial charge in [-0.25, -0.2) is 4.98 Å². The van der Waals surface area contributed by atoms with Crippen LogP contribution in [-0.4, -0.2) is 26.0 Å². The van der Waals surface area contributed by atoms with E-state index in [1.807, 2.05) is 12.4 Å². The van der Waals surface area contributed by atoms with E-state index in [2.05, 4.69) is 50.7 Å². The number of fused-ring (bicyclic) bond motifs is 3. The molecule has 3 aromatic rings. The second-order valence-corrected chi connectivity index (χ2v) is 5.54. The van der Waals surface area contributed by atoms with Crippen molar-refractivity contribution in [2.75, 3.05) is 6.54 Å². The zero-order valence-corrected chi connectivity index (χ0v) is 11.6. The fourth-order valence-corrected chi connectivity index (χ4v) is 3.11. The monoisotopic (exact) mass is 266 g/mol. The fraction of sp³-hybridized carbons (Fsp3) is 0.312. The molecule has 0 saturated heterocycles. The smallest absolute Gasteiger partial charge is 0.122 e. The molecule has 0 saturated carbocycles. The van der Waals surface area contributed by atoms with E-state index in [4.69, 9.17) is 0 Å². The minimum Gasteiger partial charge on any atom is -0.358 e. The molecule has 4 rings (SSSR count). The number of para-hydroxylation sites is 1. The second kappa shape index (κ2) is 4.49.